The molecule has 1 saturated heterocycles. The number of ether oxygens (including phenoxy) is 2. The highest BCUT2D eigenvalue weighted by atomic mass is 16.5. The Morgan fingerprint density at radius 3 is 2.84 bits per heavy atom. The van der Waals surface area contributed by atoms with Crippen LogP contribution < -0.4 is 10.1 Å². The van der Waals surface area contributed by atoms with Gasteiger partial charge in [0, 0.05) is 13.2 Å². The molecule has 0 aromatic heterocycles. The van der Waals surface area contributed by atoms with Crippen LogP contribution in [0.15, 0.2) is 17.7 Å². The molecule has 0 aliphatic carbocycles. The molecule has 1 amide bonds. The summed E-state index contributed by atoms with van der Waals surface area (Å²) in [6.45, 7) is 7.29. The maximum absolute atomic E-state index is 12.3. The van der Waals surface area contributed by atoms with Gasteiger partial charge in [0.15, 0.2) is 0 Å². The van der Waals surface area contributed by atoms with Crippen LogP contribution in [0.4, 0.5) is 0 Å². The molecule has 1 aromatic carbocycles. The zero-order valence-corrected chi connectivity index (χ0v) is 15.4. The van der Waals surface area contributed by atoms with E-state index in [-0.39, 0.29) is 23.5 Å². The molecule has 0 bridgehead atoms. The van der Waals surface area contributed by atoms with E-state index in [1.54, 1.807) is 13.2 Å². The van der Waals surface area contributed by atoms with E-state index in [0.717, 1.165) is 41.9 Å². The van der Waals surface area contributed by atoms with Gasteiger partial charge >= 0.3 is 0 Å². The number of benzene rings is 1. The van der Waals surface area contributed by atoms with Crippen LogP contribution in [0.2, 0.25) is 0 Å². The van der Waals surface area contributed by atoms with Crippen LogP contribution in [-0.4, -0.2) is 32.3 Å². The topological polar surface area (TPSA) is 71.3 Å². The van der Waals surface area contributed by atoms with Crippen molar-refractivity contribution in [2.75, 3.05) is 20.3 Å². The normalized spacial score (nSPS) is 17.4. The summed E-state index contributed by atoms with van der Waals surface area (Å²) in [6, 6.07) is 5.94. The highest BCUT2D eigenvalue weighted by molar-refractivity contribution is 6.01. The van der Waals surface area contributed by atoms with E-state index in [9.17, 15) is 10.1 Å². The Bertz CT molecular complexity index is 696. The van der Waals surface area contributed by atoms with Crippen molar-refractivity contribution in [1.82, 2.24) is 5.32 Å². The molecule has 1 heterocycles. The van der Waals surface area contributed by atoms with Crippen molar-refractivity contribution in [2.45, 2.75) is 45.6 Å². The fourth-order valence-corrected chi connectivity index (χ4v) is 2.91. The molecule has 25 heavy (non-hydrogen) atoms. The van der Waals surface area contributed by atoms with Gasteiger partial charge in [-0.25, -0.2) is 0 Å². The standard InChI is InChI=1S/C20H26N2O3/c1-13(2)18-10-15(14(3)8-19(18)24-4)9-16(11-21)20(23)22-12-17-6-5-7-25-17/h8-10,13,17H,5-7,12H2,1-4H3,(H,22,23)/b16-9-. The molecular weight excluding hydrogens is 316 g/mol. The summed E-state index contributed by atoms with van der Waals surface area (Å²) in [6.07, 6.45) is 3.66. The lowest BCUT2D eigenvalue weighted by Gasteiger charge is -2.15. The number of nitrogens with zero attached hydrogens (tertiary/aromatic N) is 1. The Labute approximate surface area is 149 Å². The minimum Gasteiger partial charge on any atom is -0.496 e. The number of hydrogen-bond acceptors (Lipinski definition) is 4. The molecule has 1 fully saturated rings. The van der Waals surface area contributed by atoms with Gasteiger partial charge in [-0.2, -0.15) is 5.26 Å². The summed E-state index contributed by atoms with van der Waals surface area (Å²) in [4.78, 5) is 12.3. The first-order chi connectivity index (χ1) is 12.0. The molecule has 1 atom stereocenters. The molecule has 1 aliphatic rings. The fraction of sp³-hybridized carbons (Fsp3) is 0.500. The van der Waals surface area contributed by atoms with E-state index in [4.69, 9.17) is 9.47 Å². The first kappa shape index (κ1) is 19.0. The average Bonchev–Trinajstić information content (AvgIpc) is 3.11. The van der Waals surface area contributed by atoms with Crippen molar-refractivity contribution in [3.63, 3.8) is 0 Å². The maximum atomic E-state index is 12.3. The van der Waals surface area contributed by atoms with Crippen molar-refractivity contribution in [3.8, 4) is 11.8 Å². The molecule has 134 valence electrons. The van der Waals surface area contributed by atoms with Gasteiger partial charge < -0.3 is 14.8 Å². The van der Waals surface area contributed by atoms with Crippen molar-refractivity contribution >= 4 is 12.0 Å². The van der Waals surface area contributed by atoms with Gasteiger partial charge in [0.2, 0.25) is 0 Å². The largest absolute Gasteiger partial charge is 0.496 e. The number of carbonyl (C=O) groups excluding carboxylic acids is 1. The lowest BCUT2D eigenvalue weighted by Crippen LogP contribution is -2.32. The minimum absolute atomic E-state index is 0.0548. The molecule has 2 rings (SSSR count). The van der Waals surface area contributed by atoms with Crippen molar-refractivity contribution in [2.24, 2.45) is 0 Å². The Morgan fingerprint density at radius 2 is 2.28 bits per heavy atom. The van der Waals surface area contributed by atoms with Gasteiger partial charge in [-0.3, -0.25) is 4.79 Å². The average molecular weight is 342 g/mol. The second kappa shape index (κ2) is 8.68. The highest BCUT2D eigenvalue weighted by Gasteiger charge is 2.18. The molecule has 5 heteroatoms. The van der Waals surface area contributed by atoms with Crippen LogP contribution in [0.5, 0.6) is 5.75 Å². The second-order valence-corrected chi connectivity index (χ2v) is 6.62. The van der Waals surface area contributed by atoms with Crippen LogP contribution in [0, 0.1) is 18.3 Å². The summed E-state index contributed by atoms with van der Waals surface area (Å²) < 4.78 is 10.9. The molecule has 0 saturated carbocycles. The Morgan fingerprint density at radius 1 is 1.52 bits per heavy atom. The van der Waals surface area contributed by atoms with Crippen molar-refractivity contribution in [1.29, 1.82) is 5.26 Å². The molecule has 0 radical (unpaired) electrons. The summed E-state index contributed by atoms with van der Waals surface area (Å²) >= 11 is 0. The van der Waals surface area contributed by atoms with Gasteiger partial charge in [0.1, 0.15) is 17.4 Å². The highest BCUT2D eigenvalue weighted by Crippen LogP contribution is 2.30. The maximum Gasteiger partial charge on any atom is 0.262 e. The first-order valence-electron chi connectivity index (χ1n) is 8.66. The van der Waals surface area contributed by atoms with E-state index < -0.39 is 0 Å². The van der Waals surface area contributed by atoms with Gasteiger partial charge in [-0.15, -0.1) is 0 Å². The van der Waals surface area contributed by atoms with Gasteiger partial charge in [-0.05, 0) is 60.6 Å². The van der Waals surface area contributed by atoms with Crippen molar-refractivity contribution < 1.29 is 14.3 Å². The zero-order chi connectivity index (χ0) is 18.4. The molecule has 1 unspecified atom stereocenters. The number of aryl methyl sites for hydroxylation is 1. The molecule has 1 aliphatic heterocycles. The van der Waals surface area contributed by atoms with Crippen LogP contribution in [-0.2, 0) is 9.53 Å². The van der Waals surface area contributed by atoms with E-state index in [0.29, 0.717) is 6.54 Å². The second-order valence-electron chi connectivity index (χ2n) is 6.62. The van der Waals surface area contributed by atoms with E-state index >= 15 is 0 Å². The number of hydrogen-bond donors (Lipinski definition) is 1. The third-order valence-electron chi connectivity index (χ3n) is 4.42. The monoisotopic (exact) mass is 342 g/mol. The van der Waals surface area contributed by atoms with Gasteiger partial charge in [0.05, 0.1) is 13.2 Å². The molecule has 0 spiro atoms. The van der Waals surface area contributed by atoms with Crippen LogP contribution in [0.1, 0.15) is 49.3 Å². The van der Waals surface area contributed by atoms with Crippen LogP contribution in [0.25, 0.3) is 6.08 Å². The first-order valence-corrected chi connectivity index (χ1v) is 8.66. The van der Waals surface area contributed by atoms with E-state index in [1.165, 1.54) is 0 Å². The number of amides is 1. The number of rotatable bonds is 6. The van der Waals surface area contributed by atoms with Crippen LogP contribution >= 0.6 is 0 Å². The van der Waals surface area contributed by atoms with E-state index in [2.05, 4.69) is 19.2 Å². The summed E-state index contributed by atoms with van der Waals surface area (Å²) in [5.74, 6) is 0.742. The lowest BCUT2D eigenvalue weighted by atomic mass is 9.95. The number of methoxy groups -OCH3 is 1. The third-order valence-corrected chi connectivity index (χ3v) is 4.42. The molecule has 5 nitrogen and oxygen atoms in total. The summed E-state index contributed by atoms with van der Waals surface area (Å²) in [5.41, 5.74) is 2.96. The lowest BCUT2D eigenvalue weighted by molar-refractivity contribution is -0.117. The Kier molecular flexibility index (Phi) is 6.60. The predicted octanol–water partition coefficient (Wildman–Crippen LogP) is 3.33. The predicted molar refractivity (Wildman–Crippen MR) is 97.4 cm³/mol. The van der Waals surface area contributed by atoms with E-state index in [1.807, 2.05) is 25.1 Å². The van der Waals surface area contributed by atoms with Crippen molar-refractivity contribution in [3.05, 3.63) is 34.4 Å². The fourth-order valence-electron chi connectivity index (χ4n) is 2.91. The molecule has 1 N–H and O–H groups in total. The molecular formula is C20H26N2O3. The number of nitrogens with one attached hydrogen (secondary N) is 1. The third kappa shape index (κ3) is 4.83. The van der Waals surface area contributed by atoms with Gasteiger partial charge in [0.25, 0.3) is 5.91 Å². The van der Waals surface area contributed by atoms with Crippen LogP contribution in [0.3, 0.4) is 0 Å². The number of nitriles is 1. The smallest absolute Gasteiger partial charge is 0.262 e. The molecule has 1 aromatic rings. The minimum atomic E-state index is -0.362. The number of carbonyl (C=O) groups is 1. The Hall–Kier alpha value is -2.32. The Balaban J connectivity index is 2.21. The summed E-state index contributed by atoms with van der Waals surface area (Å²) in [7, 11) is 1.65. The van der Waals surface area contributed by atoms with Gasteiger partial charge in [-0.1, -0.05) is 13.8 Å². The zero-order valence-electron chi connectivity index (χ0n) is 15.4. The quantitative estimate of drug-likeness (QED) is 0.636. The summed E-state index contributed by atoms with van der Waals surface area (Å²) in [5, 5.41) is 12.2. The SMILES string of the molecule is COc1cc(C)c(/C=C(/C#N)C(=O)NCC2CCCO2)cc1C(C)C.